The largest absolute Gasteiger partial charge is 0.328 e. The van der Waals surface area contributed by atoms with Crippen molar-refractivity contribution in [3.63, 3.8) is 0 Å². The molecule has 1 aliphatic rings. The van der Waals surface area contributed by atoms with E-state index in [-0.39, 0.29) is 17.3 Å². The molecule has 0 aliphatic carbocycles. The van der Waals surface area contributed by atoms with Crippen molar-refractivity contribution >= 4 is 21.6 Å². The van der Waals surface area contributed by atoms with E-state index in [4.69, 9.17) is 0 Å². The first-order valence-corrected chi connectivity index (χ1v) is 10.1. The van der Waals surface area contributed by atoms with Crippen LogP contribution in [0.5, 0.6) is 0 Å². The summed E-state index contributed by atoms with van der Waals surface area (Å²) in [5.41, 5.74) is 0.564. The summed E-state index contributed by atoms with van der Waals surface area (Å²) in [5.74, 6) is 0.516. The molecule has 2 unspecified atom stereocenters. The SMILES string of the molecule is CC1CC(C)CN(S(=O)(=O)c2ccc(NC(=O)Cn3ccnc3)cc2)C1. The lowest BCUT2D eigenvalue weighted by Crippen LogP contribution is -2.42. The van der Waals surface area contributed by atoms with Crippen molar-refractivity contribution in [2.45, 2.75) is 31.7 Å². The maximum Gasteiger partial charge on any atom is 0.244 e. The molecular weight excluding hydrogens is 352 g/mol. The zero-order valence-corrected chi connectivity index (χ0v) is 15.8. The highest BCUT2D eigenvalue weighted by Gasteiger charge is 2.31. The smallest absolute Gasteiger partial charge is 0.244 e. The average Bonchev–Trinajstić information content (AvgIpc) is 3.07. The van der Waals surface area contributed by atoms with Gasteiger partial charge < -0.3 is 9.88 Å². The van der Waals surface area contributed by atoms with Gasteiger partial charge in [0.25, 0.3) is 0 Å². The summed E-state index contributed by atoms with van der Waals surface area (Å²) in [6.07, 6.45) is 5.93. The Labute approximate surface area is 154 Å². The van der Waals surface area contributed by atoms with Crippen molar-refractivity contribution in [1.29, 1.82) is 0 Å². The van der Waals surface area contributed by atoms with Crippen LogP contribution in [0, 0.1) is 11.8 Å². The number of carbonyl (C=O) groups is 1. The van der Waals surface area contributed by atoms with Gasteiger partial charge in [-0.15, -0.1) is 0 Å². The van der Waals surface area contributed by atoms with Crippen LogP contribution in [0.1, 0.15) is 20.3 Å². The van der Waals surface area contributed by atoms with Gasteiger partial charge >= 0.3 is 0 Å². The monoisotopic (exact) mass is 376 g/mol. The number of imidazole rings is 1. The van der Waals surface area contributed by atoms with E-state index < -0.39 is 10.0 Å². The summed E-state index contributed by atoms with van der Waals surface area (Å²) in [5, 5.41) is 2.76. The zero-order valence-electron chi connectivity index (χ0n) is 15.0. The highest BCUT2D eigenvalue weighted by atomic mass is 32.2. The Morgan fingerprint density at radius 3 is 2.42 bits per heavy atom. The molecule has 1 saturated heterocycles. The van der Waals surface area contributed by atoms with Crippen molar-refractivity contribution in [2.75, 3.05) is 18.4 Å². The third-order valence-corrected chi connectivity index (χ3v) is 6.34. The third kappa shape index (κ3) is 4.31. The number of nitrogens with zero attached hydrogens (tertiary/aromatic N) is 3. The number of sulfonamides is 1. The number of anilines is 1. The van der Waals surface area contributed by atoms with Gasteiger partial charge in [-0.25, -0.2) is 13.4 Å². The zero-order chi connectivity index (χ0) is 18.7. The lowest BCUT2D eigenvalue weighted by atomic mass is 9.94. The molecule has 8 heteroatoms. The quantitative estimate of drug-likeness (QED) is 0.867. The fourth-order valence-corrected chi connectivity index (χ4v) is 5.09. The second-order valence-corrected chi connectivity index (χ2v) is 9.01. The summed E-state index contributed by atoms with van der Waals surface area (Å²) in [4.78, 5) is 16.1. The molecule has 2 heterocycles. The number of piperidine rings is 1. The van der Waals surface area contributed by atoms with E-state index in [1.54, 1.807) is 51.9 Å². The molecule has 140 valence electrons. The molecule has 1 aromatic carbocycles. The van der Waals surface area contributed by atoms with E-state index in [0.29, 0.717) is 30.6 Å². The van der Waals surface area contributed by atoms with E-state index in [9.17, 15) is 13.2 Å². The second kappa shape index (κ2) is 7.59. The van der Waals surface area contributed by atoms with Crippen molar-refractivity contribution in [2.24, 2.45) is 11.8 Å². The van der Waals surface area contributed by atoms with Gasteiger partial charge in [0.05, 0.1) is 11.2 Å². The molecule has 0 bridgehead atoms. The molecule has 26 heavy (non-hydrogen) atoms. The van der Waals surface area contributed by atoms with Crippen molar-refractivity contribution in [3.05, 3.63) is 43.0 Å². The molecule has 7 nitrogen and oxygen atoms in total. The standard InChI is InChI=1S/C18H24N4O3S/c1-14-9-15(2)11-22(10-14)26(24,25)17-5-3-16(4-6-17)20-18(23)12-21-8-7-19-13-21/h3-8,13-15H,9-12H2,1-2H3,(H,20,23). The van der Waals surface area contributed by atoms with E-state index in [1.165, 1.54) is 0 Å². The molecule has 0 radical (unpaired) electrons. The fourth-order valence-electron chi connectivity index (χ4n) is 3.41. The Bertz CT molecular complexity index is 837. The lowest BCUT2D eigenvalue weighted by Gasteiger charge is -2.34. The number of hydrogen-bond acceptors (Lipinski definition) is 4. The molecule has 1 aliphatic heterocycles. The minimum atomic E-state index is -3.51. The van der Waals surface area contributed by atoms with Crippen LogP contribution in [0.4, 0.5) is 5.69 Å². The first-order valence-electron chi connectivity index (χ1n) is 8.70. The highest BCUT2D eigenvalue weighted by Crippen LogP contribution is 2.27. The Hall–Kier alpha value is -2.19. The Morgan fingerprint density at radius 1 is 1.19 bits per heavy atom. The van der Waals surface area contributed by atoms with Gasteiger partial charge in [-0.3, -0.25) is 4.79 Å². The van der Waals surface area contributed by atoms with Crippen LogP contribution in [-0.2, 0) is 21.4 Å². The number of carbonyl (C=O) groups excluding carboxylic acids is 1. The van der Waals surface area contributed by atoms with E-state index in [1.807, 2.05) is 0 Å². The molecule has 1 fully saturated rings. The number of aromatic nitrogens is 2. The van der Waals surface area contributed by atoms with Gasteiger partial charge in [-0.1, -0.05) is 13.8 Å². The molecule has 2 atom stereocenters. The second-order valence-electron chi connectivity index (χ2n) is 7.08. The highest BCUT2D eigenvalue weighted by molar-refractivity contribution is 7.89. The Balaban J connectivity index is 1.67. The first kappa shape index (κ1) is 18.6. The van der Waals surface area contributed by atoms with Crippen LogP contribution in [-0.4, -0.2) is 41.3 Å². The summed E-state index contributed by atoms with van der Waals surface area (Å²) in [6.45, 7) is 5.42. The normalized spacial score (nSPS) is 21.5. The molecule has 0 saturated carbocycles. The molecule has 1 aromatic heterocycles. The predicted molar refractivity (Wildman–Crippen MR) is 99.0 cm³/mol. The topological polar surface area (TPSA) is 84.3 Å². The Kier molecular flexibility index (Phi) is 5.43. The van der Waals surface area contributed by atoms with E-state index >= 15 is 0 Å². The van der Waals surface area contributed by atoms with Gasteiger partial charge in [-0.05, 0) is 42.5 Å². The van der Waals surface area contributed by atoms with Gasteiger partial charge in [0.1, 0.15) is 6.54 Å². The lowest BCUT2D eigenvalue weighted by molar-refractivity contribution is -0.116. The minimum absolute atomic E-state index is 0.156. The molecule has 1 N–H and O–H groups in total. The Morgan fingerprint density at radius 2 is 1.85 bits per heavy atom. The minimum Gasteiger partial charge on any atom is -0.328 e. The summed E-state index contributed by atoms with van der Waals surface area (Å²) < 4.78 is 28.9. The van der Waals surface area contributed by atoms with Crippen molar-refractivity contribution in [1.82, 2.24) is 13.9 Å². The van der Waals surface area contributed by atoms with Gasteiger partial charge in [-0.2, -0.15) is 4.31 Å². The predicted octanol–water partition coefficient (Wildman–Crippen LogP) is 2.19. The number of benzene rings is 1. The van der Waals surface area contributed by atoms with Crippen LogP contribution in [0.2, 0.25) is 0 Å². The summed E-state index contributed by atoms with van der Waals surface area (Å²) >= 11 is 0. The fraction of sp³-hybridized carbons (Fsp3) is 0.444. The van der Waals surface area contributed by atoms with Crippen LogP contribution in [0.15, 0.2) is 47.9 Å². The summed E-state index contributed by atoms with van der Waals surface area (Å²) in [6, 6.07) is 6.34. The molecular formula is C18H24N4O3S. The molecule has 1 amide bonds. The van der Waals surface area contributed by atoms with E-state index in [0.717, 1.165) is 6.42 Å². The van der Waals surface area contributed by atoms with Gasteiger partial charge in [0, 0.05) is 31.2 Å². The van der Waals surface area contributed by atoms with Crippen LogP contribution in [0.25, 0.3) is 0 Å². The first-order chi connectivity index (χ1) is 12.3. The number of hydrogen-bond donors (Lipinski definition) is 1. The van der Waals surface area contributed by atoms with Gasteiger partial charge in [0.2, 0.25) is 15.9 Å². The molecule has 2 aromatic rings. The van der Waals surface area contributed by atoms with E-state index in [2.05, 4.69) is 24.1 Å². The third-order valence-electron chi connectivity index (χ3n) is 4.50. The number of nitrogens with one attached hydrogen (secondary N) is 1. The molecule has 0 spiro atoms. The van der Waals surface area contributed by atoms with Crippen LogP contribution < -0.4 is 5.32 Å². The maximum absolute atomic E-state index is 12.9. The average molecular weight is 376 g/mol. The van der Waals surface area contributed by atoms with Crippen LogP contribution >= 0.6 is 0 Å². The van der Waals surface area contributed by atoms with Crippen molar-refractivity contribution in [3.8, 4) is 0 Å². The van der Waals surface area contributed by atoms with Crippen molar-refractivity contribution < 1.29 is 13.2 Å². The number of amides is 1. The molecule has 3 rings (SSSR count). The summed E-state index contributed by atoms with van der Waals surface area (Å²) in [7, 11) is -3.51. The number of rotatable bonds is 5. The maximum atomic E-state index is 12.9. The van der Waals surface area contributed by atoms with Gasteiger partial charge in [0.15, 0.2) is 0 Å². The van der Waals surface area contributed by atoms with Crippen LogP contribution in [0.3, 0.4) is 0 Å².